The van der Waals surface area contributed by atoms with Gasteiger partial charge in [0, 0.05) is 9.64 Å². The Bertz CT molecular complexity index is 288. The predicted molar refractivity (Wildman–Crippen MR) is 60.2 cm³/mol. The maximum Gasteiger partial charge on any atom is 0.113 e. The van der Waals surface area contributed by atoms with Gasteiger partial charge in [0.2, 0.25) is 0 Å². The molecule has 0 amide bonds. The van der Waals surface area contributed by atoms with Gasteiger partial charge in [-0.25, -0.2) is 4.21 Å². The zero-order valence-electron chi connectivity index (χ0n) is 8.11. The maximum atomic E-state index is 11.7. The van der Waals surface area contributed by atoms with Crippen LogP contribution in [0.25, 0.3) is 0 Å². The van der Waals surface area contributed by atoms with Crippen molar-refractivity contribution in [3.8, 4) is 0 Å². The third kappa shape index (κ3) is 3.96. The Labute approximate surface area is 85.8 Å². The topological polar surface area (TPSA) is 17.1 Å². The summed E-state index contributed by atoms with van der Waals surface area (Å²) in [5.41, 5.74) is 0. The molecule has 0 aliphatic rings. The zero-order valence-corrected chi connectivity index (χ0v) is 9.74. The van der Waals surface area contributed by atoms with E-state index in [-0.39, 0.29) is 4.75 Å². The first-order chi connectivity index (χ1) is 5.99. The number of benzene rings is 1. The Balaban J connectivity index is 2.71. The fourth-order valence-electron chi connectivity index (χ4n) is 0.807. The third-order valence-electron chi connectivity index (χ3n) is 1.26. The average Bonchev–Trinajstić information content (AvgIpc) is 2.03. The van der Waals surface area contributed by atoms with Gasteiger partial charge < -0.3 is 0 Å². The molecule has 0 bridgehead atoms. The second-order valence-electron chi connectivity index (χ2n) is 3.74. The molecule has 72 valence electrons. The van der Waals surface area contributed by atoms with Crippen molar-refractivity contribution >= 4 is 20.6 Å². The minimum Gasteiger partial charge on any atom is -0.243 e. The highest BCUT2D eigenvalue weighted by atomic mass is 33.1. The maximum absolute atomic E-state index is 11.7. The van der Waals surface area contributed by atoms with Crippen LogP contribution in [-0.2, 0) is 9.83 Å². The SMILES string of the molecule is CC(C)(C)S[S@](=O)c1ccccc1. The molecule has 13 heavy (non-hydrogen) atoms. The van der Waals surface area contributed by atoms with E-state index >= 15 is 0 Å². The summed E-state index contributed by atoms with van der Waals surface area (Å²) in [6, 6.07) is 9.55. The lowest BCUT2D eigenvalue weighted by Crippen LogP contribution is -2.08. The molecule has 1 aromatic rings. The van der Waals surface area contributed by atoms with E-state index in [1.807, 2.05) is 30.3 Å². The molecule has 0 spiro atoms. The smallest absolute Gasteiger partial charge is 0.113 e. The van der Waals surface area contributed by atoms with Gasteiger partial charge in [-0.1, -0.05) is 49.8 Å². The van der Waals surface area contributed by atoms with Crippen LogP contribution in [0.4, 0.5) is 0 Å². The predicted octanol–water partition coefficient (Wildman–Crippen LogP) is 3.24. The molecule has 0 N–H and O–H groups in total. The van der Waals surface area contributed by atoms with E-state index in [1.165, 1.54) is 10.8 Å². The monoisotopic (exact) mass is 214 g/mol. The zero-order chi connectivity index (χ0) is 9.90. The Kier molecular flexibility index (Phi) is 3.56. The molecule has 1 nitrogen and oxygen atoms in total. The van der Waals surface area contributed by atoms with Crippen LogP contribution in [-0.4, -0.2) is 8.96 Å². The van der Waals surface area contributed by atoms with E-state index in [1.54, 1.807) is 0 Å². The van der Waals surface area contributed by atoms with E-state index in [4.69, 9.17) is 0 Å². The van der Waals surface area contributed by atoms with Gasteiger partial charge in [0.25, 0.3) is 0 Å². The van der Waals surface area contributed by atoms with Gasteiger partial charge in [-0.15, -0.1) is 0 Å². The first-order valence-corrected chi connectivity index (χ1v) is 6.64. The molecule has 0 aliphatic heterocycles. The summed E-state index contributed by atoms with van der Waals surface area (Å²) in [6.07, 6.45) is 0. The van der Waals surface area contributed by atoms with E-state index < -0.39 is 9.83 Å². The second-order valence-corrected chi connectivity index (χ2v) is 7.48. The largest absolute Gasteiger partial charge is 0.243 e. The minimum atomic E-state index is -0.936. The highest BCUT2D eigenvalue weighted by Gasteiger charge is 2.16. The van der Waals surface area contributed by atoms with Crippen LogP contribution in [0.5, 0.6) is 0 Å². The number of hydrogen-bond donors (Lipinski definition) is 0. The molecule has 0 heterocycles. The highest BCUT2D eigenvalue weighted by Crippen LogP contribution is 2.30. The first kappa shape index (κ1) is 10.8. The van der Waals surface area contributed by atoms with Crippen LogP contribution < -0.4 is 0 Å². The molecule has 0 saturated carbocycles. The van der Waals surface area contributed by atoms with Crippen molar-refractivity contribution in [3.05, 3.63) is 30.3 Å². The van der Waals surface area contributed by atoms with Gasteiger partial charge >= 0.3 is 0 Å². The van der Waals surface area contributed by atoms with Crippen LogP contribution in [0.3, 0.4) is 0 Å². The number of hydrogen-bond acceptors (Lipinski definition) is 2. The molecule has 0 unspecified atom stereocenters. The summed E-state index contributed by atoms with van der Waals surface area (Å²) in [6.45, 7) is 6.20. The van der Waals surface area contributed by atoms with Crippen molar-refractivity contribution in [1.29, 1.82) is 0 Å². The normalized spacial score (nSPS) is 14.1. The van der Waals surface area contributed by atoms with E-state index in [0.29, 0.717) is 0 Å². The van der Waals surface area contributed by atoms with Gasteiger partial charge in [-0.05, 0) is 12.1 Å². The summed E-state index contributed by atoms with van der Waals surface area (Å²) in [7, 11) is 0.546. The van der Waals surface area contributed by atoms with Gasteiger partial charge in [-0.3, -0.25) is 0 Å². The lowest BCUT2D eigenvalue weighted by Gasteiger charge is -2.15. The standard InChI is InChI=1S/C10H14OS2/c1-10(2,3)12-13(11)9-7-5-4-6-8-9/h4-8H,1-3H3/t13-/m0/s1. The lowest BCUT2D eigenvalue weighted by atomic mass is 10.3. The van der Waals surface area contributed by atoms with Gasteiger partial charge in [0.15, 0.2) is 0 Å². The van der Waals surface area contributed by atoms with E-state index in [2.05, 4.69) is 20.8 Å². The Hall–Kier alpha value is -0.280. The first-order valence-electron chi connectivity index (χ1n) is 4.15. The summed E-state index contributed by atoms with van der Waals surface area (Å²) in [4.78, 5) is 0.891. The van der Waals surface area contributed by atoms with Crippen molar-refractivity contribution in [2.24, 2.45) is 0 Å². The molecule has 0 radical (unpaired) electrons. The van der Waals surface area contributed by atoms with Crippen LogP contribution in [0, 0.1) is 0 Å². The van der Waals surface area contributed by atoms with Crippen LogP contribution in [0.15, 0.2) is 35.2 Å². The molecule has 0 saturated heterocycles. The molecule has 1 atom stereocenters. The van der Waals surface area contributed by atoms with Crippen LogP contribution in [0.2, 0.25) is 0 Å². The van der Waals surface area contributed by atoms with Gasteiger partial charge in [-0.2, -0.15) is 0 Å². The molecular weight excluding hydrogens is 200 g/mol. The summed E-state index contributed by atoms with van der Waals surface area (Å²) >= 11 is 0. The van der Waals surface area contributed by atoms with Crippen LogP contribution >= 0.6 is 10.8 Å². The molecule has 1 rings (SSSR count). The Morgan fingerprint density at radius 1 is 1.15 bits per heavy atom. The fourth-order valence-corrected chi connectivity index (χ4v) is 3.72. The van der Waals surface area contributed by atoms with Gasteiger partial charge in [0.05, 0.1) is 0 Å². The Morgan fingerprint density at radius 3 is 2.15 bits per heavy atom. The quantitative estimate of drug-likeness (QED) is 0.703. The van der Waals surface area contributed by atoms with Crippen molar-refractivity contribution in [1.82, 2.24) is 0 Å². The van der Waals surface area contributed by atoms with Crippen molar-refractivity contribution in [2.45, 2.75) is 30.4 Å². The lowest BCUT2D eigenvalue weighted by molar-refractivity contribution is 0.690. The molecule has 0 aliphatic carbocycles. The number of rotatable bonds is 2. The summed E-state index contributed by atoms with van der Waals surface area (Å²) < 4.78 is 11.8. The van der Waals surface area contributed by atoms with E-state index in [9.17, 15) is 4.21 Å². The second kappa shape index (κ2) is 4.29. The third-order valence-corrected chi connectivity index (χ3v) is 5.10. The van der Waals surface area contributed by atoms with Gasteiger partial charge in [0.1, 0.15) is 9.83 Å². The molecule has 0 aromatic heterocycles. The molecule has 3 heteroatoms. The molecule has 0 fully saturated rings. The van der Waals surface area contributed by atoms with Crippen LogP contribution in [0.1, 0.15) is 20.8 Å². The fraction of sp³-hybridized carbons (Fsp3) is 0.400. The van der Waals surface area contributed by atoms with Crippen molar-refractivity contribution < 1.29 is 4.21 Å². The molecule has 1 aromatic carbocycles. The van der Waals surface area contributed by atoms with Crippen molar-refractivity contribution in [3.63, 3.8) is 0 Å². The minimum absolute atomic E-state index is 0.0424. The summed E-state index contributed by atoms with van der Waals surface area (Å²) in [5.74, 6) is 0. The van der Waals surface area contributed by atoms with Crippen molar-refractivity contribution in [2.75, 3.05) is 0 Å². The Morgan fingerprint density at radius 2 is 1.69 bits per heavy atom. The average molecular weight is 214 g/mol. The summed E-state index contributed by atoms with van der Waals surface area (Å²) in [5, 5.41) is 0. The highest BCUT2D eigenvalue weighted by molar-refractivity contribution is 8.69. The van der Waals surface area contributed by atoms with E-state index in [0.717, 1.165) is 4.90 Å². The molecular formula is C10H14OS2.